The molecule has 0 atom stereocenters. The van der Waals surface area contributed by atoms with E-state index in [1.807, 2.05) is 18.6 Å². The second kappa shape index (κ2) is 11.0. The van der Waals surface area contributed by atoms with Gasteiger partial charge in [-0.25, -0.2) is 4.98 Å². The summed E-state index contributed by atoms with van der Waals surface area (Å²) in [6, 6.07) is 19.2. The minimum absolute atomic E-state index is 0. The summed E-state index contributed by atoms with van der Waals surface area (Å²) in [7, 11) is 1.80. The average molecular weight is 503 g/mol. The van der Waals surface area contributed by atoms with Gasteiger partial charge in [-0.05, 0) is 16.7 Å². The van der Waals surface area contributed by atoms with Crippen molar-refractivity contribution in [2.75, 3.05) is 13.6 Å². The van der Waals surface area contributed by atoms with Gasteiger partial charge in [-0.2, -0.15) is 0 Å². The Morgan fingerprint density at radius 2 is 1.69 bits per heavy atom. The van der Waals surface area contributed by atoms with Gasteiger partial charge in [-0.1, -0.05) is 68.4 Å². The Morgan fingerprint density at radius 3 is 2.31 bits per heavy atom. The molecule has 1 heterocycles. The third kappa shape index (κ3) is 6.88. The number of aliphatic imine (C=N–C) groups is 1. The lowest BCUT2D eigenvalue weighted by Gasteiger charge is -2.26. The van der Waals surface area contributed by atoms with Gasteiger partial charge >= 0.3 is 0 Å². The monoisotopic (exact) mass is 503 g/mol. The van der Waals surface area contributed by atoms with Crippen LogP contribution in [0.25, 0.3) is 0 Å². The van der Waals surface area contributed by atoms with Crippen LogP contribution < -0.4 is 10.6 Å². The molecule has 0 amide bonds. The number of nitrogens with one attached hydrogen (secondary N) is 2. The van der Waals surface area contributed by atoms with Gasteiger partial charge in [0, 0.05) is 44.5 Å². The van der Waals surface area contributed by atoms with Crippen LogP contribution in [0, 0.1) is 0 Å². The van der Waals surface area contributed by atoms with Crippen molar-refractivity contribution < 1.29 is 0 Å². The van der Waals surface area contributed by atoms with Crippen LogP contribution in [0.2, 0.25) is 0 Å². The zero-order valence-corrected chi connectivity index (χ0v) is 19.6. The van der Waals surface area contributed by atoms with Gasteiger partial charge in [-0.15, -0.1) is 24.0 Å². The van der Waals surface area contributed by atoms with Crippen LogP contribution in [0.3, 0.4) is 0 Å². The van der Waals surface area contributed by atoms with E-state index in [1.54, 1.807) is 13.2 Å². The number of halogens is 1. The van der Waals surface area contributed by atoms with Crippen molar-refractivity contribution in [1.29, 1.82) is 0 Å². The fraction of sp³-hybridized carbons (Fsp3) is 0.304. The molecule has 0 spiro atoms. The average Bonchev–Trinajstić information content (AvgIpc) is 3.23. The van der Waals surface area contributed by atoms with E-state index in [-0.39, 0.29) is 29.4 Å². The van der Waals surface area contributed by atoms with Crippen molar-refractivity contribution >= 4 is 29.9 Å². The number of aromatic nitrogens is 2. The largest absolute Gasteiger partial charge is 0.356 e. The van der Waals surface area contributed by atoms with E-state index in [1.165, 1.54) is 16.7 Å². The van der Waals surface area contributed by atoms with Gasteiger partial charge < -0.3 is 15.2 Å². The summed E-state index contributed by atoms with van der Waals surface area (Å²) in [6.07, 6.45) is 5.61. The first kappa shape index (κ1) is 22.9. The van der Waals surface area contributed by atoms with Gasteiger partial charge in [0.15, 0.2) is 5.96 Å². The Kier molecular flexibility index (Phi) is 8.70. The predicted molar refractivity (Wildman–Crippen MR) is 131 cm³/mol. The van der Waals surface area contributed by atoms with Crippen molar-refractivity contribution in [3.63, 3.8) is 0 Å². The van der Waals surface area contributed by atoms with Gasteiger partial charge in [0.05, 0.1) is 6.33 Å². The van der Waals surface area contributed by atoms with Crippen LogP contribution in [0.1, 0.15) is 30.5 Å². The van der Waals surface area contributed by atoms with Crippen LogP contribution in [0.15, 0.2) is 78.3 Å². The Bertz CT molecular complexity index is 871. The summed E-state index contributed by atoms with van der Waals surface area (Å²) >= 11 is 0. The fourth-order valence-corrected chi connectivity index (χ4v) is 3.06. The standard InChI is InChI=1S/C23H29N5.HI/c1-23(2,21-7-5-4-6-8-21)17-27-22(24-3)26-15-19-9-11-20(12-10-19)16-28-14-13-25-18-28;/h4-14,18H,15-17H2,1-3H3,(H2,24,26,27);1H. The second-order valence-corrected chi connectivity index (χ2v) is 7.58. The molecule has 0 radical (unpaired) electrons. The maximum atomic E-state index is 4.35. The minimum Gasteiger partial charge on any atom is -0.356 e. The topological polar surface area (TPSA) is 54.2 Å². The molecule has 3 aromatic rings. The molecule has 0 aliphatic carbocycles. The van der Waals surface area contributed by atoms with Crippen molar-refractivity contribution in [2.24, 2.45) is 4.99 Å². The highest BCUT2D eigenvalue weighted by Gasteiger charge is 2.20. The van der Waals surface area contributed by atoms with Crippen molar-refractivity contribution in [2.45, 2.75) is 32.4 Å². The highest BCUT2D eigenvalue weighted by Crippen LogP contribution is 2.21. The van der Waals surface area contributed by atoms with E-state index >= 15 is 0 Å². The van der Waals surface area contributed by atoms with Gasteiger partial charge in [0.25, 0.3) is 0 Å². The van der Waals surface area contributed by atoms with Crippen LogP contribution >= 0.6 is 24.0 Å². The Balaban J connectivity index is 0.00000300. The molecule has 5 nitrogen and oxygen atoms in total. The zero-order valence-electron chi connectivity index (χ0n) is 17.3. The lowest BCUT2D eigenvalue weighted by Crippen LogP contribution is -2.43. The maximum Gasteiger partial charge on any atom is 0.191 e. The van der Waals surface area contributed by atoms with Gasteiger partial charge in [0.2, 0.25) is 0 Å². The van der Waals surface area contributed by atoms with E-state index in [0.717, 1.165) is 25.6 Å². The summed E-state index contributed by atoms with van der Waals surface area (Å²) in [5.74, 6) is 0.812. The number of benzene rings is 2. The molecule has 29 heavy (non-hydrogen) atoms. The van der Waals surface area contributed by atoms with E-state index < -0.39 is 0 Å². The number of hydrogen-bond donors (Lipinski definition) is 2. The first-order chi connectivity index (χ1) is 13.6. The smallest absolute Gasteiger partial charge is 0.191 e. The Hall–Kier alpha value is -2.35. The number of hydrogen-bond acceptors (Lipinski definition) is 2. The van der Waals surface area contributed by atoms with Crippen molar-refractivity contribution in [3.8, 4) is 0 Å². The highest BCUT2D eigenvalue weighted by atomic mass is 127. The molecule has 0 fully saturated rings. The second-order valence-electron chi connectivity index (χ2n) is 7.58. The quantitative estimate of drug-likeness (QED) is 0.289. The van der Waals surface area contributed by atoms with E-state index in [4.69, 9.17) is 0 Å². The summed E-state index contributed by atoms with van der Waals surface area (Å²) in [5, 5.41) is 6.85. The van der Waals surface area contributed by atoms with Crippen molar-refractivity contribution in [3.05, 3.63) is 90.0 Å². The number of guanidine groups is 1. The van der Waals surface area contributed by atoms with Crippen LogP contribution in [0.5, 0.6) is 0 Å². The lowest BCUT2D eigenvalue weighted by atomic mass is 9.85. The fourth-order valence-electron chi connectivity index (χ4n) is 3.06. The molecule has 0 saturated carbocycles. The number of rotatable bonds is 7. The molecule has 2 N–H and O–H groups in total. The van der Waals surface area contributed by atoms with Gasteiger partial charge in [-0.3, -0.25) is 4.99 Å². The molecular formula is C23H30IN5. The molecule has 0 unspecified atom stereocenters. The molecule has 1 aromatic heterocycles. The predicted octanol–water partition coefficient (Wildman–Crippen LogP) is 4.19. The molecule has 0 aliphatic rings. The first-order valence-corrected chi connectivity index (χ1v) is 9.60. The van der Waals surface area contributed by atoms with E-state index in [2.05, 4.69) is 87.6 Å². The molecule has 3 rings (SSSR count). The number of imidazole rings is 1. The van der Waals surface area contributed by atoms with Gasteiger partial charge in [0.1, 0.15) is 0 Å². The Morgan fingerprint density at radius 1 is 1.00 bits per heavy atom. The minimum atomic E-state index is 0. The molecular weight excluding hydrogens is 473 g/mol. The molecule has 6 heteroatoms. The normalized spacial score (nSPS) is 11.6. The van der Waals surface area contributed by atoms with Crippen LogP contribution in [-0.2, 0) is 18.5 Å². The molecule has 0 saturated heterocycles. The zero-order chi connectivity index (χ0) is 19.8. The van der Waals surface area contributed by atoms with Crippen LogP contribution in [0.4, 0.5) is 0 Å². The highest BCUT2D eigenvalue weighted by molar-refractivity contribution is 14.0. The summed E-state index contributed by atoms with van der Waals surface area (Å²) in [4.78, 5) is 8.43. The summed E-state index contributed by atoms with van der Waals surface area (Å²) < 4.78 is 2.06. The first-order valence-electron chi connectivity index (χ1n) is 9.60. The Labute approximate surface area is 190 Å². The third-order valence-corrected chi connectivity index (χ3v) is 4.88. The molecule has 0 aliphatic heterocycles. The molecule has 2 aromatic carbocycles. The molecule has 154 valence electrons. The summed E-state index contributed by atoms with van der Waals surface area (Å²) in [5.41, 5.74) is 3.81. The van der Waals surface area contributed by atoms with Crippen molar-refractivity contribution in [1.82, 2.24) is 20.2 Å². The molecule has 0 bridgehead atoms. The van der Waals surface area contributed by atoms with Crippen LogP contribution in [-0.4, -0.2) is 29.1 Å². The lowest BCUT2D eigenvalue weighted by molar-refractivity contribution is 0.508. The third-order valence-electron chi connectivity index (χ3n) is 4.88. The summed E-state index contributed by atoms with van der Waals surface area (Å²) in [6.45, 7) is 6.85. The SMILES string of the molecule is CN=C(NCc1ccc(Cn2ccnc2)cc1)NCC(C)(C)c1ccccc1.I. The maximum absolute atomic E-state index is 4.35. The number of nitrogens with zero attached hydrogens (tertiary/aromatic N) is 3. The van der Waals surface area contributed by atoms with E-state index in [9.17, 15) is 0 Å². The van der Waals surface area contributed by atoms with E-state index in [0.29, 0.717) is 0 Å².